The predicted octanol–water partition coefficient (Wildman–Crippen LogP) is 1.94. The highest BCUT2D eigenvalue weighted by atomic mass is 16.5. The highest BCUT2D eigenvalue weighted by Gasteiger charge is 2.08. The molecule has 0 aliphatic heterocycles. The van der Waals surface area contributed by atoms with E-state index in [0.717, 1.165) is 5.56 Å². The van der Waals surface area contributed by atoms with Crippen LogP contribution in [-0.4, -0.2) is 29.9 Å². The maximum absolute atomic E-state index is 9.86. The Morgan fingerprint density at radius 3 is 2.81 bits per heavy atom. The van der Waals surface area contributed by atoms with Crippen molar-refractivity contribution >= 4 is 0 Å². The van der Waals surface area contributed by atoms with Crippen molar-refractivity contribution in [3.05, 3.63) is 24.0 Å². The van der Waals surface area contributed by atoms with Gasteiger partial charge in [0.25, 0.3) is 0 Å². The lowest BCUT2D eigenvalue weighted by atomic mass is 10.1. The highest BCUT2D eigenvalue weighted by Crippen LogP contribution is 2.20. The molecule has 1 heterocycles. The number of ether oxygens (including phenoxy) is 2. The lowest BCUT2D eigenvalue weighted by Gasteiger charge is -2.11. The number of rotatable bonds is 7. The van der Waals surface area contributed by atoms with Crippen LogP contribution < -0.4 is 4.74 Å². The molecule has 0 saturated heterocycles. The van der Waals surface area contributed by atoms with E-state index in [0.29, 0.717) is 32.0 Å². The fourth-order valence-electron chi connectivity index (χ4n) is 1.37. The van der Waals surface area contributed by atoms with E-state index in [1.807, 2.05) is 19.9 Å². The van der Waals surface area contributed by atoms with Crippen molar-refractivity contribution in [2.24, 2.45) is 0 Å². The Morgan fingerprint density at radius 1 is 1.31 bits per heavy atom. The third-order valence-corrected chi connectivity index (χ3v) is 2.17. The molecule has 0 aliphatic rings. The van der Waals surface area contributed by atoms with Gasteiger partial charge in [0.15, 0.2) is 0 Å². The van der Waals surface area contributed by atoms with Gasteiger partial charge in [-0.05, 0) is 19.9 Å². The average molecular weight is 225 g/mol. The summed E-state index contributed by atoms with van der Waals surface area (Å²) in [6.45, 7) is 5.67. The van der Waals surface area contributed by atoms with Gasteiger partial charge in [-0.3, -0.25) is 4.98 Å². The molecule has 0 fully saturated rings. The summed E-state index contributed by atoms with van der Waals surface area (Å²) in [6.07, 6.45) is 3.33. The van der Waals surface area contributed by atoms with E-state index in [2.05, 4.69) is 4.98 Å². The van der Waals surface area contributed by atoms with Crippen molar-refractivity contribution in [2.75, 3.05) is 19.8 Å². The normalized spacial score (nSPS) is 12.4. The number of hydrogen-bond acceptors (Lipinski definition) is 4. The minimum Gasteiger partial charge on any atom is -0.492 e. The molecule has 0 aliphatic carbocycles. The summed E-state index contributed by atoms with van der Waals surface area (Å²) in [7, 11) is 0. The molecular formula is C12H19NO3. The van der Waals surface area contributed by atoms with Crippen LogP contribution >= 0.6 is 0 Å². The fourth-order valence-corrected chi connectivity index (χ4v) is 1.37. The molecule has 4 nitrogen and oxygen atoms in total. The first-order chi connectivity index (χ1) is 7.77. The zero-order chi connectivity index (χ0) is 11.8. The summed E-state index contributed by atoms with van der Waals surface area (Å²) in [5.74, 6) is 0.690. The molecule has 0 aromatic carbocycles. The summed E-state index contributed by atoms with van der Waals surface area (Å²) >= 11 is 0. The van der Waals surface area contributed by atoms with Crippen LogP contribution in [0.3, 0.4) is 0 Å². The lowest BCUT2D eigenvalue weighted by molar-refractivity contribution is 0.0883. The molecule has 1 aromatic heterocycles. The Bertz CT molecular complexity index is 304. The summed E-state index contributed by atoms with van der Waals surface area (Å²) in [4.78, 5) is 4.03. The second kappa shape index (κ2) is 7.19. The molecule has 0 spiro atoms. The second-order valence-corrected chi connectivity index (χ2v) is 3.39. The molecule has 0 radical (unpaired) electrons. The summed E-state index contributed by atoms with van der Waals surface area (Å²) < 4.78 is 10.5. The van der Waals surface area contributed by atoms with Crippen LogP contribution in [-0.2, 0) is 4.74 Å². The number of nitrogens with zero attached hydrogens (tertiary/aromatic N) is 1. The van der Waals surface area contributed by atoms with Crippen LogP contribution in [0.2, 0.25) is 0 Å². The summed E-state index contributed by atoms with van der Waals surface area (Å²) in [5, 5.41) is 9.86. The van der Waals surface area contributed by atoms with E-state index in [4.69, 9.17) is 9.47 Å². The average Bonchev–Trinajstić information content (AvgIpc) is 2.30. The molecule has 1 aromatic rings. The molecule has 90 valence electrons. The summed E-state index contributed by atoms with van der Waals surface area (Å²) in [5.41, 5.74) is 0.769. The van der Waals surface area contributed by atoms with E-state index < -0.39 is 6.10 Å². The Labute approximate surface area is 96.2 Å². The van der Waals surface area contributed by atoms with Gasteiger partial charge in [0, 0.05) is 31.4 Å². The van der Waals surface area contributed by atoms with Crippen LogP contribution in [0.15, 0.2) is 18.5 Å². The molecule has 1 N–H and O–H groups in total. The Balaban J connectivity index is 2.53. The topological polar surface area (TPSA) is 51.6 Å². The maximum atomic E-state index is 9.86. The first-order valence-electron chi connectivity index (χ1n) is 5.61. The van der Waals surface area contributed by atoms with E-state index in [1.54, 1.807) is 12.4 Å². The first-order valence-corrected chi connectivity index (χ1v) is 5.61. The largest absolute Gasteiger partial charge is 0.492 e. The van der Waals surface area contributed by atoms with Gasteiger partial charge in [-0.1, -0.05) is 0 Å². The highest BCUT2D eigenvalue weighted by molar-refractivity contribution is 5.25. The van der Waals surface area contributed by atoms with Crippen LogP contribution in [0, 0.1) is 0 Å². The van der Waals surface area contributed by atoms with Gasteiger partial charge in [-0.2, -0.15) is 0 Å². The monoisotopic (exact) mass is 225 g/mol. The molecule has 1 unspecified atom stereocenters. The fraction of sp³-hybridized carbons (Fsp3) is 0.583. The van der Waals surface area contributed by atoms with Gasteiger partial charge in [-0.25, -0.2) is 0 Å². The molecule has 16 heavy (non-hydrogen) atoms. The van der Waals surface area contributed by atoms with Crippen molar-refractivity contribution < 1.29 is 14.6 Å². The zero-order valence-corrected chi connectivity index (χ0v) is 9.85. The van der Waals surface area contributed by atoms with Gasteiger partial charge in [0.2, 0.25) is 0 Å². The van der Waals surface area contributed by atoms with Gasteiger partial charge in [-0.15, -0.1) is 0 Å². The molecule has 1 atom stereocenters. The van der Waals surface area contributed by atoms with E-state index in [-0.39, 0.29) is 0 Å². The minimum atomic E-state index is -0.542. The first kappa shape index (κ1) is 12.9. The molecule has 0 bridgehead atoms. The third kappa shape index (κ3) is 4.16. The smallest absolute Gasteiger partial charge is 0.137 e. The standard InChI is InChI=1S/C12H19NO3/c1-3-15-6-5-12(14)10-7-11(16-4-2)9-13-8-10/h7-9,12,14H,3-6H2,1-2H3. The minimum absolute atomic E-state index is 0.542. The van der Waals surface area contributed by atoms with Crippen molar-refractivity contribution in [2.45, 2.75) is 26.4 Å². The quantitative estimate of drug-likeness (QED) is 0.720. The van der Waals surface area contributed by atoms with Crippen molar-refractivity contribution in [1.29, 1.82) is 0 Å². The van der Waals surface area contributed by atoms with Crippen LogP contribution in [0.4, 0.5) is 0 Å². The number of pyridine rings is 1. The SMILES string of the molecule is CCOCCC(O)c1cncc(OCC)c1. The number of aliphatic hydroxyl groups excluding tert-OH is 1. The van der Waals surface area contributed by atoms with Crippen LogP contribution in [0.1, 0.15) is 31.9 Å². The van der Waals surface area contributed by atoms with Gasteiger partial charge in [0.1, 0.15) is 5.75 Å². The molecule has 0 saturated carbocycles. The van der Waals surface area contributed by atoms with E-state index in [9.17, 15) is 5.11 Å². The number of hydrogen-bond donors (Lipinski definition) is 1. The van der Waals surface area contributed by atoms with Crippen LogP contribution in [0.25, 0.3) is 0 Å². The van der Waals surface area contributed by atoms with Crippen molar-refractivity contribution in [3.8, 4) is 5.75 Å². The van der Waals surface area contributed by atoms with Crippen LogP contribution in [0.5, 0.6) is 5.75 Å². The zero-order valence-electron chi connectivity index (χ0n) is 9.85. The molecule has 0 amide bonds. The third-order valence-electron chi connectivity index (χ3n) is 2.17. The molecule has 1 rings (SSSR count). The van der Waals surface area contributed by atoms with Gasteiger partial charge < -0.3 is 14.6 Å². The van der Waals surface area contributed by atoms with Gasteiger partial charge in [0.05, 0.1) is 18.9 Å². The van der Waals surface area contributed by atoms with Crippen molar-refractivity contribution in [3.63, 3.8) is 0 Å². The molecular weight excluding hydrogens is 206 g/mol. The van der Waals surface area contributed by atoms with Gasteiger partial charge >= 0.3 is 0 Å². The maximum Gasteiger partial charge on any atom is 0.137 e. The Hall–Kier alpha value is -1.13. The Kier molecular flexibility index (Phi) is 5.82. The molecule has 4 heteroatoms. The van der Waals surface area contributed by atoms with E-state index in [1.165, 1.54) is 0 Å². The van der Waals surface area contributed by atoms with E-state index >= 15 is 0 Å². The summed E-state index contributed by atoms with van der Waals surface area (Å²) in [6, 6.07) is 1.81. The number of aromatic nitrogens is 1. The number of aliphatic hydroxyl groups is 1. The second-order valence-electron chi connectivity index (χ2n) is 3.39. The Morgan fingerprint density at radius 2 is 2.12 bits per heavy atom. The predicted molar refractivity (Wildman–Crippen MR) is 61.5 cm³/mol. The van der Waals surface area contributed by atoms with Crippen molar-refractivity contribution in [1.82, 2.24) is 4.98 Å². The lowest BCUT2D eigenvalue weighted by Crippen LogP contribution is -2.04.